The molecule has 0 radical (unpaired) electrons. The summed E-state index contributed by atoms with van der Waals surface area (Å²) in [4.78, 5) is 25.6. The summed E-state index contributed by atoms with van der Waals surface area (Å²) >= 11 is 5.75. The van der Waals surface area contributed by atoms with Gasteiger partial charge in [-0.15, -0.1) is 0 Å². The fourth-order valence-electron chi connectivity index (χ4n) is 2.36. The van der Waals surface area contributed by atoms with E-state index in [2.05, 4.69) is 15.2 Å². The van der Waals surface area contributed by atoms with Crippen molar-refractivity contribution < 1.29 is 19.8 Å². The van der Waals surface area contributed by atoms with Crippen LogP contribution in [-0.4, -0.2) is 52.8 Å². The molecular formula is C14H16ClN3O4. The van der Waals surface area contributed by atoms with Crippen LogP contribution in [0.1, 0.15) is 0 Å². The fourth-order valence-corrected chi connectivity index (χ4v) is 2.47. The first-order valence-electron chi connectivity index (χ1n) is 6.69. The number of nitrogens with one attached hydrogen (secondary N) is 1. The Morgan fingerprint density at radius 2 is 1.95 bits per heavy atom. The van der Waals surface area contributed by atoms with Crippen LogP contribution in [0.25, 0.3) is 0 Å². The number of carboxylic acids is 2. The number of pyridine rings is 1. The van der Waals surface area contributed by atoms with Crippen molar-refractivity contribution in [1.29, 1.82) is 0 Å². The van der Waals surface area contributed by atoms with Crippen LogP contribution in [0.2, 0.25) is 5.15 Å². The third kappa shape index (κ3) is 4.44. The second-order valence-corrected chi connectivity index (χ2v) is 5.42. The normalized spacial score (nSPS) is 22.5. The molecule has 0 aromatic carbocycles. The summed E-state index contributed by atoms with van der Waals surface area (Å²) in [6.07, 6.45) is 2.97. The van der Waals surface area contributed by atoms with Crippen molar-refractivity contribution in [1.82, 2.24) is 10.3 Å². The molecule has 2 fully saturated rings. The number of halogens is 1. The highest BCUT2D eigenvalue weighted by Crippen LogP contribution is 2.28. The van der Waals surface area contributed by atoms with Crippen LogP contribution in [-0.2, 0) is 9.59 Å². The van der Waals surface area contributed by atoms with Gasteiger partial charge in [0, 0.05) is 43.7 Å². The second-order valence-electron chi connectivity index (χ2n) is 5.03. The Bertz CT molecular complexity index is 548. The van der Waals surface area contributed by atoms with Crippen LogP contribution in [0.3, 0.4) is 0 Å². The molecule has 2 saturated heterocycles. The number of carboxylic acid groups (broad SMARTS) is 2. The molecule has 0 unspecified atom stereocenters. The maximum absolute atomic E-state index is 9.55. The summed E-state index contributed by atoms with van der Waals surface area (Å²) in [6, 6.07) is 4.59. The maximum atomic E-state index is 9.55. The fraction of sp³-hybridized carbons (Fsp3) is 0.357. The number of aliphatic carboxylic acids is 2. The third-order valence-corrected chi connectivity index (χ3v) is 3.75. The van der Waals surface area contributed by atoms with Crippen molar-refractivity contribution in [2.24, 2.45) is 5.92 Å². The Balaban J connectivity index is 0.000000192. The molecule has 3 heterocycles. The van der Waals surface area contributed by atoms with E-state index in [1.807, 2.05) is 18.3 Å². The highest BCUT2D eigenvalue weighted by Gasteiger charge is 2.38. The molecule has 2 aliphatic heterocycles. The largest absolute Gasteiger partial charge is 0.478 e. The van der Waals surface area contributed by atoms with E-state index in [0.29, 0.717) is 23.3 Å². The number of aromatic nitrogens is 1. The van der Waals surface area contributed by atoms with Gasteiger partial charge in [0.2, 0.25) is 0 Å². The number of hydrogen-bond donors (Lipinski definition) is 3. The molecule has 0 saturated carbocycles. The number of nitrogens with zero attached hydrogens (tertiary/aromatic N) is 2. The molecule has 7 nitrogen and oxygen atoms in total. The molecule has 2 aliphatic rings. The minimum absolute atomic E-state index is 0.558. The molecule has 0 amide bonds. The Morgan fingerprint density at radius 1 is 1.27 bits per heavy atom. The Kier molecular flexibility index (Phi) is 5.35. The first kappa shape index (κ1) is 16.3. The van der Waals surface area contributed by atoms with Crippen molar-refractivity contribution in [3.63, 3.8) is 0 Å². The van der Waals surface area contributed by atoms with E-state index in [1.54, 1.807) is 0 Å². The topological polar surface area (TPSA) is 103 Å². The monoisotopic (exact) mass is 325 g/mol. The van der Waals surface area contributed by atoms with Gasteiger partial charge in [-0.25, -0.2) is 14.6 Å². The van der Waals surface area contributed by atoms with Crippen LogP contribution in [0.5, 0.6) is 0 Å². The zero-order valence-electron chi connectivity index (χ0n) is 11.6. The first-order valence-corrected chi connectivity index (χ1v) is 7.07. The van der Waals surface area contributed by atoms with Gasteiger partial charge in [-0.05, 0) is 12.1 Å². The highest BCUT2D eigenvalue weighted by atomic mass is 35.5. The van der Waals surface area contributed by atoms with Crippen molar-refractivity contribution in [3.8, 4) is 0 Å². The summed E-state index contributed by atoms with van der Waals surface area (Å²) < 4.78 is 0. The predicted octanol–water partition coefficient (Wildman–Crippen LogP) is 0.855. The van der Waals surface area contributed by atoms with Gasteiger partial charge < -0.3 is 20.4 Å². The second kappa shape index (κ2) is 7.24. The van der Waals surface area contributed by atoms with E-state index in [0.717, 1.165) is 19.0 Å². The average Bonchev–Trinajstić information content (AvgIpc) is 2.74. The summed E-state index contributed by atoms with van der Waals surface area (Å²) in [6.45, 7) is 3.43. The molecule has 0 bridgehead atoms. The minimum Gasteiger partial charge on any atom is -0.478 e. The Labute approximate surface area is 132 Å². The van der Waals surface area contributed by atoms with Gasteiger partial charge in [-0.1, -0.05) is 11.6 Å². The predicted molar refractivity (Wildman–Crippen MR) is 81.2 cm³/mol. The molecule has 0 spiro atoms. The van der Waals surface area contributed by atoms with E-state index in [4.69, 9.17) is 21.8 Å². The molecule has 2 atom stereocenters. The zero-order chi connectivity index (χ0) is 16.1. The first-order chi connectivity index (χ1) is 10.5. The van der Waals surface area contributed by atoms with Crippen LogP contribution >= 0.6 is 11.6 Å². The van der Waals surface area contributed by atoms with Crippen LogP contribution in [0.4, 0.5) is 5.69 Å². The minimum atomic E-state index is -1.26. The average molecular weight is 326 g/mol. The molecule has 118 valence electrons. The smallest absolute Gasteiger partial charge is 0.328 e. The Hall–Kier alpha value is -2.12. The Morgan fingerprint density at radius 3 is 2.32 bits per heavy atom. The van der Waals surface area contributed by atoms with Crippen molar-refractivity contribution >= 4 is 29.2 Å². The SMILES string of the molecule is Clc1ccc(N2C[C@H]3CN[C@H]3C2)cn1.O=C(O)C=CC(=O)O. The van der Waals surface area contributed by atoms with Gasteiger partial charge in [-0.3, -0.25) is 0 Å². The molecule has 3 rings (SSSR count). The molecule has 1 aromatic rings. The van der Waals surface area contributed by atoms with E-state index in [-0.39, 0.29) is 0 Å². The van der Waals surface area contributed by atoms with E-state index >= 15 is 0 Å². The molecule has 1 aromatic heterocycles. The molecule has 3 N–H and O–H groups in total. The zero-order valence-corrected chi connectivity index (χ0v) is 12.4. The lowest BCUT2D eigenvalue weighted by atomic mass is 9.96. The third-order valence-electron chi connectivity index (χ3n) is 3.53. The number of carbonyl (C=O) groups is 2. The molecule has 22 heavy (non-hydrogen) atoms. The van der Waals surface area contributed by atoms with Gasteiger partial charge in [-0.2, -0.15) is 0 Å². The molecular weight excluding hydrogens is 310 g/mol. The van der Waals surface area contributed by atoms with Gasteiger partial charge in [0.05, 0.1) is 11.9 Å². The number of fused-ring (bicyclic) bond motifs is 1. The van der Waals surface area contributed by atoms with E-state index in [1.165, 1.54) is 12.2 Å². The molecule has 8 heteroatoms. The summed E-state index contributed by atoms with van der Waals surface area (Å²) in [7, 11) is 0. The van der Waals surface area contributed by atoms with Crippen LogP contribution < -0.4 is 10.2 Å². The van der Waals surface area contributed by atoms with Crippen molar-refractivity contribution in [3.05, 3.63) is 35.6 Å². The lowest BCUT2D eigenvalue weighted by Gasteiger charge is -2.29. The number of rotatable bonds is 3. The van der Waals surface area contributed by atoms with Crippen LogP contribution in [0, 0.1) is 5.92 Å². The highest BCUT2D eigenvalue weighted by molar-refractivity contribution is 6.29. The van der Waals surface area contributed by atoms with Crippen LogP contribution in [0.15, 0.2) is 30.5 Å². The quantitative estimate of drug-likeness (QED) is 0.559. The van der Waals surface area contributed by atoms with Gasteiger partial charge in [0.1, 0.15) is 5.15 Å². The summed E-state index contributed by atoms with van der Waals surface area (Å²) in [5, 5.41) is 19.6. The number of hydrogen-bond acceptors (Lipinski definition) is 5. The summed E-state index contributed by atoms with van der Waals surface area (Å²) in [5.74, 6) is -1.68. The lowest BCUT2D eigenvalue weighted by molar-refractivity contribution is -0.134. The van der Waals surface area contributed by atoms with Gasteiger partial charge >= 0.3 is 11.9 Å². The van der Waals surface area contributed by atoms with Gasteiger partial charge in [0.25, 0.3) is 0 Å². The van der Waals surface area contributed by atoms with E-state index < -0.39 is 11.9 Å². The summed E-state index contributed by atoms with van der Waals surface area (Å²) in [5.41, 5.74) is 1.19. The number of anilines is 1. The maximum Gasteiger partial charge on any atom is 0.328 e. The van der Waals surface area contributed by atoms with E-state index in [9.17, 15) is 9.59 Å². The standard InChI is InChI=1S/C10H12ClN3.C4H4O4/c11-10-2-1-8(4-13-10)14-5-7-3-12-9(7)6-14;5-3(6)1-2-4(7)8/h1-2,4,7,9,12H,3,5-6H2;1-2H,(H,5,6)(H,7,8)/t7-,9+;/m1./s1. The molecule has 0 aliphatic carbocycles. The van der Waals surface area contributed by atoms with Gasteiger partial charge in [0.15, 0.2) is 0 Å². The van der Waals surface area contributed by atoms with Crippen molar-refractivity contribution in [2.45, 2.75) is 6.04 Å². The lowest BCUT2D eigenvalue weighted by Crippen LogP contribution is -2.51. The van der Waals surface area contributed by atoms with Crippen molar-refractivity contribution in [2.75, 3.05) is 24.5 Å².